The minimum Gasteiger partial charge on any atom is -0.390 e. The molecule has 0 radical (unpaired) electrons. The van der Waals surface area contributed by atoms with Crippen molar-refractivity contribution in [1.82, 2.24) is 0 Å². The number of nitrogens with one attached hydrogen (secondary N) is 2. The summed E-state index contributed by atoms with van der Waals surface area (Å²) in [7, 11) is 0. The number of alkyl halides is 1. The number of para-hydroxylation sites is 2. The number of carbonyl (C=O) groups excluding carboxylic acids is 1. The standard InChI is InChI=1S/C16H17ClN2O2/c17-10-13(20)11-18-15-9-5-4-8-14(15)16(21)19-12-6-2-1-3-7-12/h1-9,13,18,20H,10-11H2,(H,19,21). The van der Waals surface area contributed by atoms with Gasteiger partial charge < -0.3 is 15.7 Å². The van der Waals surface area contributed by atoms with Gasteiger partial charge in [0.25, 0.3) is 5.91 Å². The van der Waals surface area contributed by atoms with E-state index in [0.29, 0.717) is 17.8 Å². The number of hydrogen-bond acceptors (Lipinski definition) is 3. The Morgan fingerprint density at radius 1 is 1.10 bits per heavy atom. The number of amides is 1. The van der Waals surface area contributed by atoms with E-state index in [1.165, 1.54) is 0 Å². The van der Waals surface area contributed by atoms with Crippen LogP contribution in [-0.2, 0) is 0 Å². The van der Waals surface area contributed by atoms with E-state index in [1.54, 1.807) is 18.2 Å². The third-order valence-electron chi connectivity index (χ3n) is 2.91. The zero-order valence-corrected chi connectivity index (χ0v) is 12.2. The van der Waals surface area contributed by atoms with Gasteiger partial charge >= 0.3 is 0 Å². The molecule has 0 bridgehead atoms. The number of aliphatic hydroxyl groups is 1. The fourth-order valence-electron chi connectivity index (χ4n) is 1.84. The molecule has 1 unspecified atom stereocenters. The molecule has 2 aromatic rings. The normalized spacial score (nSPS) is 11.7. The number of rotatable bonds is 6. The SMILES string of the molecule is O=C(Nc1ccccc1)c1ccccc1NCC(O)CCl. The molecule has 1 atom stereocenters. The second kappa shape index (κ2) is 7.67. The monoisotopic (exact) mass is 304 g/mol. The second-order valence-corrected chi connectivity index (χ2v) is 4.86. The first-order chi connectivity index (χ1) is 10.2. The van der Waals surface area contributed by atoms with Gasteiger partial charge in [0, 0.05) is 17.9 Å². The first-order valence-electron chi connectivity index (χ1n) is 6.64. The van der Waals surface area contributed by atoms with Crippen LogP contribution < -0.4 is 10.6 Å². The minimum atomic E-state index is -0.656. The van der Waals surface area contributed by atoms with E-state index >= 15 is 0 Å². The Bertz CT molecular complexity index is 590. The predicted octanol–water partition coefficient (Wildman–Crippen LogP) is 2.95. The zero-order valence-electron chi connectivity index (χ0n) is 11.4. The fraction of sp³-hybridized carbons (Fsp3) is 0.188. The molecule has 3 N–H and O–H groups in total. The summed E-state index contributed by atoms with van der Waals surface area (Å²) in [6.07, 6.45) is -0.656. The van der Waals surface area contributed by atoms with Crippen LogP contribution >= 0.6 is 11.6 Å². The van der Waals surface area contributed by atoms with Gasteiger partial charge in [-0.05, 0) is 24.3 Å². The minimum absolute atomic E-state index is 0.144. The van der Waals surface area contributed by atoms with Gasteiger partial charge in [-0.2, -0.15) is 0 Å². The van der Waals surface area contributed by atoms with Gasteiger partial charge in [0.05, 0.1) is 17.5 Å². The molecule has 2 aromatic carbocycles. The lowest BCUT2D eigenvalue weighted by atomic mass is 10.1. The first-order valence-corrected chi connectivity index (χ1v) is 7.17. The van der Waals surface area contributed by atoms with E-state index < -0.39 is 6.10 Å². The van der Waals surface area contributed by atoms with Gasteiger partial charge in [-0.15, -0.1) is 11.6 Å². The molecule has 0 saturated heterocycles. The van der Waals surface area contributed by atoms with E-state index in [2.05, 4.69) is 10.6 Å². The summed E-state index contributed by atoms with van der Waals surface area (Å²) in [6, 6.07) is 16.4. The van der Waals surface area contributed by atoms with E-state index in [-0.39, 0.29) is 11.8 Å². The molecule has 1 amide bonds. The lowest BCUT2D eigenvalue weighted by molar-refractivity contribution is 0.102. The molecule has 0 aromatic heterocycles. The van der Waals surface area contributed by atoms with Gasteiger partial charge in [-0.1, -0.05) is 30.3 Å². The van der Waals surface area contributed by atoms with Crippen LogP contribution in [0.5, 0.6) is 0 Å². The van der Waals surface area contributed by atoms with Crippen molar-refractivity contribution >= 4 is 28.9 Å². The van der Waals surface area contributed by atoms with Crippen molar-refractivity contribution in [3.05, 3.63) is 60.2 Å². The third kappa shape index (κ3) is 4.48. The third-order valence-corrected chi connectivity index (χ3v) is 3.27. The molecule has 0 aliphatic carbocycles. The van der Waals surface area contributed by atoms with Crippen LogP contribution in [0.4, 0.5) is 11.4 Å². The van der Waals surface area contributed by atoms with Crippen LogP contribution in [-0.4, -0.2) is 29.5 Å². The Kier molecular flexibility index (Phi) is 5.60. The Labute approximate surface area is 128 Å². The maximum absolute atomic E-state index is 12.3. The maximum atomic E-state index is 12.3. The number of hydrogen-bond donors (Lipinski definition) is 3. The van der Waals surface area contributed by atoms with Gasteiger partial charge in [0.15, 0.2) is 0 Å². The largest absolute Gasteiger partial charge is 0.390 e. The molecule has 4 nitrogen and oxygen atoms in total. The second-order valence-electron chi connectivity index (χ2n) is 4.55. The topological polar surface area (TPSA) is 61.4 Å². The molecule has 0 aliphatic rings. The molecule has 0 spiro atoms. The van der Waals surface area contributed by atoms with Crippen molar-refractivity contribution in [1.29, 1.82) is 0 Å². The molecule has 0 fully saturated rings. The Hall–Kier alpha value is -2.04. The summed E-state index contributed by atoms with van der Waals surface area (Å²) in [5, 5.41) is 15.4. The summed E-state index contributed by atoms with van der Waals surface area (Å²) in [4.78, 5) is 12.3. The molecular formula is C16H17ClN2O2. The van der Waals surface area contributed by atoms with Crippen molar-refractivity contribution in [2.45, 2.75) is 6.10 Å². The lowest BCUT2D eigenvalue weighted by Gasteiger charge is -2.14. The predicted molar refractivity (Wildman–Crippen MR) is 86.1 cm³/mol. The quantitative estimate of drug-likeness (QED) is 0.719. The Balaban J connectivity index is 2.10. The average molecular weight is 305 g/mol. The summed E-state index contributed by atoms with van der Waals surface area (Å²) in [5.74, 6) is -0.0598. The van der Waals surface area contributed by atoms with Crippen LogP contribution in [0.25, 0.3) is 0 Å². The van der Waals surface area contributed by atoms with Crippen molar-refractivity contribution in [3.63, 3.8) is 0 Å². The van der Waals surface area contributed by atoms with Crippen molar-refractivity contribution in [3.8, 4) is 0 Å². The Morgan fingerprint density at radius 3 is 2.48 bits per heavy atom. The van der Waals surface area contributed by atoms with Gasteiger partial charge in [0.1, 0.15) is 0 Å². The molecule has 5 heteroatoms. The van der Waals surface area contributed by atoms with Gasteiger partial charge in [0.2, 0.25) is 0 Å². The van der Waals surface area contributed by atoms with Crippen molar-refractivity contribution in [2.75, 3.05) is 23.1 Å². The summed E-state index contributed by atoms with van der Waals surface area (Å²) in [6.45, 7) is 0.291. The maximum Gasteiger partial charge on any atom is 0.257 e. The van der Waals surface area contributed by atoms with Crippen LogP contribution in [0.1, 0.15) is 10.4 Å². The number of benzene rings is 2. The summed E-state index contributed by atoms with van der Waals surface area (Å²) < 4.78 is 0. The van der Waals surface area contributed by atoms with Crippen LogP contribution in [0, 0.1) is 0 Å². The lowest BCUT2D eigenvalue weighted by Crippen LogP contribution is -2.22. The number of anilines is 2. The average Bonchev–Trinajstić information content (AvgIpc) is 2.53. The molecule has 2 rings (SSSR count). The highest BCUT2D eigenvalue weighted by atomic mass is 35.5. The first kappa shape index (κ1) is 15.4. The van der Waals surface area contributed by atoms with E-state index in [1.807, 2.05) is 36.4 Å². The van der Waals surface area contributed by atoms with Crippen molar-refractivity contribution < 1.29 is 9.90 Å². The molecular weight excluding hydrogens is 288 g/mol. The summed E-state index contributed by atoms with van der Waals surface area (Å²) >= 11 is 5.56. The number of carbonyl (C=O) groups is 1. The fourth-order valence-corrected chi connectivity index (χ4v) is 1.95. The van der Waals surface area contributed by atoms with Crippen LogP contribution in [0.2, 0.25) is 0 Å². The summed E-state index contributed by atoms with van der Waals surface area (Å²) in [5.41, 5.74) is 1.91. The Morgan fingerprint density at radius 2 is 1.76 bits per heavy atom. The van der Waals surface area contributed by atoms with Crippen molar-refractivity contribution in [2.24, 2.45) is 0 Å². The highest BCUT2D eigenvalue weighted by Crippen LogP contribution is 2.17. The van der Waals surface area contributed by atoms with E-state index in [0.717, 1.165) is 5.69 Å². The number of halogens is 1. The molecule has 0 heterocycles. The molecule has 0 aliphatic heterocycles. The number of aliphatic hydroxyl groups excluding tert-OH is 1. The zero-order chi connectivity index (χ0) is 15.1. The van der Waals surface area contributed by atoms with Gasteiger partial charge in [-0.25, -0.2) is 0 Å². The van der Waals surface area contributed by atoms with E-state index in [9.17, 15) is 9.90 Å². The molecule has 110 valence electrons. The smallest absolute Gasteiger partial charge is 0.257 e. The van der Waals surface area contributed by atoms with Gasteiger partial charge in [-0.3, -0.25) is 4.79 Å². The molecule has 0 saturated carbocycles. The molecule has 21 heavy (non-hydrogen) atoms. The van der Waals surface area contributed by atoms with Crippen LogP contribution in [0.15, 0.2) is 54.6 Å². The highest BCUT2D eigenvalue weighted by Gasteiger charge is 2.12. The van der Waals surface area contributed by atoms with E-state index in [4.69, 9.17) is 11.6 Å². The highest BCUT2D eigenvalue weighted by molar-refractivity contribution is 6.18. The van der Waals surface area contributed by atoms with Crippen LogP contribution in [0.3, 0.4) is 0 Å².